The van der Waals surface area contributed by atoms with Crippen LogP contribution < -0.4 is 5.32 Å². The molecule has 0 bridgehead atoms. The summed E-state index contributed by atoms with van der Waals surface area (Å²) in [7, 11) is 0. The zero-order valence-electron chi connectivity index (χ0n) is 15.2. The number of nitrogens with one attached hydrogen (secondary N) is 1. The van der Waals surface area contributed by atoms with E-state index in [9.17, 15) is 4.79 Å². The standard InChI is InChI=1S/C19H31N5O/c25-19(18-8-12-24(21-18)17-7-3-9-20-15-17)23-11-4-10-22(13-14-23)16-5-1-2-6-16/h8,12,16-17,20H,1-7,9-11,13-15H2. The number of carbonyl (C=O) groups is 1. The minimum atomic E-state index is 0.107. The average Bonchev–Trinajstić information content (AvgIpc) is 3.30. The van der Waals surface area contributed by atoms with Gasteiger partial charge in [0.15, 0.2) is 0 Å². The molecule has 138 valence electrons. The van der Waals surface area contributed by atoms with Crippen LogP contribution in [0.3, 0.4) is 0 Å². The Morgan fingerprint density at radius 2 is 1.84 bits per heavy atom. The van der Waals surface area contributed by atoms with E-state index >= 15 is 0 Å². The van der Waals surface area contributed by atoms with Crippen molar-refractivity contribution in [3.8, 4) is 0 Å². The molecule has 3 heterocycles. The fraction of sp³-hybridized carbons (Fsp3) is 0.789. The van der Waals surface area contributed by atoms with Gasteiger partial charge in [-0.3, -0.25) is 14.4 Å². The lowest BCUT2D eigenvalue weighted by molar-refractivity contribution is 0.0750. The minimum absolute atomic E-state index is 0.107. The number of aromatic nitrogens is 2. The molecule has 3 fully saturated rings. The van der Waals surface area contributed by atoms with Crippen LogP contribution in [-0.2, 0) is 0 Å². The van der Waals surface area contributed by atoms with Gasteiger partial charge in [-0.2, -0.15) is 5.10 Å². The molecule has 1 aromatic heterocycles. The van der Waals surface area contributed by atoms with Crippen LogP contribution in [0.2, 0.25) is 0 Å². The van der Waals surface area contributed by atoms with E-state index in [1.807, 2.05) is 21.8 Å². The molecule has 0 spiro atoms. The molecular weight excluding hydrogens is 314 g/mol. The van der Waals surface area contributed by atoms with Gasteiger partial charge >= 0.3 is 0 Å². The van der Waals surface area contributed by atoms with Gasteiger partial charge < -0.3 is 10.2 Å². The highest BCUT2D eigenvalue weighted by Crippen LogP contribution is 2.24. The molecule has 1 N–H and O–H groups in total. The Kier molecular flexibility index (Phi) is 5.36. The number of amides is 1. The molecule has 4 rings (SSSR count). The molecule has 2 aliphatic heterocycles. The van der Waals surface area contributed by atoms with Crippen LogP contribution in [0.25, 0.3) is 0 Å². The summed E-state index contributed by atoms with van der Waals surface area (Å²) in [6.45, 7) is 5.90. The largest absolute Gasteiger partial charge is 0.336 e. The Bertz CT molecular complexity index is 574. The number of piperidine rings is 1. The number of nitrogens with zero attached hydrogens (tertiary/aromatic N) is 4. The Morgan fingerprint density at radius 3 is 2.64 bits per heavy atom. The summed E-state index contributed by atoms with van der Waals surface area (Å²) in [5.74, 6) is 0.107. The second-order valence-electron chi connectivity index (χ2n) is 7.80. The summed E-state index contributed by atoms with van der Waals surface area (Å²) in [5, 5.41) is 8.02. The fourth-order valence-electron chi connectivity index (χ4n) is 4.65. The summed E-state index contributed by atoms with van der Waals surface area (Å²) in [5.41, 5.74) is 0.611. The molecule has 1 amide bonds. The molecular formula is C19H31N5O. The van der Waals surface area contributed by atoms with Crippen LogP contribution in [0, 0.1) is 0 Å². The molecule has 1 atom stereocenters. The fourth-order valence-corrected chi connectivity index (χ4v) is 4.65. The van der Waals surface area contributed by atoms with Crippen molar-refractivity contribution in [2.24, 2.45) is 0 Å². The molecule has 6 nitrogen and oxygen atoms in total. The first-order chi connectivity index (χ1) is 12.3. The summed E-state index contributed by atoms with van der Waals surface area (Å²) >= 11 is 0. The van der Waals surface area contributed by atoms with Gasteiger partial charge in [-0.15, -0.1) is 0 Å². The molecule has 6 heteroatoms. The predicted molar refractivity (Wildman–Crippen MR) is 97.7 cm³/mol. The summed E-state index contributed by atoms with van der Waals surface area (Å²) < 4.78 is 1.99. The molecule has 1 aromatic rings. The first kappa shape index (κ1) is 17.0. The smallest absolute Gasteiger partial charge is 0.274 e. The third-order valence-corrected chi connectivity index (χ3v) is 6.13. The minimum Gasteiger partial charge on any atom is -0.336 e. The molecule has 2 saturated heterocycles. The van der Waals surface area contributed by atoms with E-state index in [-0.39, 0.29) is 5.91 Å². The highest BCUT2D eigenvalue weighted by atomic mass is 16.2. The highest BCUT2D eigenvalue weighted by molar-refractivity contribution is 5.92. The number of hydrogen-bond acceptors (Lipinski definition) is 4. The van der Waals surface area contributed by atoms with Gasteiger partial charge in [-0.05, 0) is 44.7 Å². The summed E-state index contributed by atoms with van der Waals surface area (Å²) in [6, 6.07) is 3.04. The van der Waals surface area contributed by atoms with Crippen molar-refractivity contribution in [3.63, 3.8) is 0 Å². The van der Waals surface area contributed by atoms with E-state index in [2.05, 4.69) is 15.3 Å². The molecule has 1 unspecified atom stereocenters. The Labute approximate surface area is 150 Å². The van der Waals surface area contributed by atoms with Gasteiger partial charge in [0.05, 0.1) is 6.04 Å². The lowest BCUT2D eigenvalue weighted by atomic mass is 10.1. The lowest BCUT2D eigenvalue weighted by Gasteiger charge is -2.27. The molecule has 1 aliphatic carbocycles. The second-order valence-corrected chi connectivity index (χ2v) is 7.80. The topological polar surface area (TPSA) is 53.4 Å². The quantitative estimate of drug-likeness (QED) is 0.909. The third-order valence-electron chi connectivity index (χ3n) is 6.13. The van der Waals surface area contributed by atoms with Gasteiger partial charge in [0.2, 0.25) is 0 Å². The van der Waals surface area contributed by atoms with E-state index in [0.717, 1.165) is 58.2 Å². The molecule has 3 aliphatic rings. The van der Waals surface area contributed by atoms with Crippen LogP contribution in [0.4, 0.5) is 0 Å². The lowest BCUT2D eigenvalue weighted by Crippen LogP contribution is -2.38. The second kappa shape index (κ2) is 7.87. The van der Waals surface area contributed by atoms with E-state index in [4.69, 9.17) is 0 Å². The number of carbonyl (C=O) groups excluding carboxylic acids is 1. The van der Waals surface area contributed by atoms with Crippen LogP contribution in [-0.4, -0.2) is 70.8 Å². The average molecular weight is 345 g/mol. The van der Waals surface area contributed by atoms with Crippen molar-refractivity contribution >= 4 is 5.91 Å². The first-order valence-corrected chi connectivity index (χ1v) is 10.1. The van der Waals surface area contributed by atoms with Crippen LogP contribution in [0.15, 0.2) is 12.3 Å². The SMILES string of the molecule is O=C(c1ccn(C2CCCNC2)n1)N1CCCN(C2CCCC2)CC1. The van der Waals surface area contributed by atoms with Crippen LogP contribution in [0.1, 0.15) is 61.5 Å². The van der Waals surface area contributed by atoms with E-state index in [1.165, 1.54) is 32.1 Å². The zero-order valence-corrected chi connectivity index (χ0v) is 15.2. The van der Waals surface area contributed by atoms with Gasteiger partial charge in [-0.25, -0.2) is 0 Å². The van der Waals surface area contributed by atoms with Crippen molar-refractivity contribution in [2.75, 3.05) is 39.3 Å². The van der Waals surface area contributed by atoms with Gasteiger partial charge in [-0.1, -0.05) is 12.8 Å². The zero-order chi connectivity index (χ0) is 17.1. The third kappa shape index (κ3) is 3.90. The van der Waals surface area contributed by atoms with Crippen molar-refractivity contribution in [1.29, 1.82) is 0 Å². The van der Waals surface area contributed by atoms with E-state index < -0.39 is 0 Å². The highest BCUT2D eigenvalue weighted by Gasteiger charge is 2.27. The van der Waals surface area contributed by atoms with E-state index in [0.29, 0.717) is 11.7 Å². The molecule has 25 heavy (non-hydrogen) atoms. The molecule has 1 saturated carbocycles. The normalized spacial score (nSPS) is 26.7. The maximum absolute atomic E-state index is 12.9. The monoisotopic (exact) mass is 345 g/mol. The Hall–Kier alpha value is -1.40. The Morgan fingerprint density at radius 1 is 1.00 bits per heavy atom. The first-order valence-electron chi connectivity index (χ1n) is 10.1. The van der Waals surface area contributed by atoms with Gasteiger partial charge in [0, 0.05) is 45.0 Å². The van der Waals surface area contributed by atoms with Gasteiger partial charge in [0.25, 0.3) is 5.91 Å². The predicted octanol–water partition coefficient (Wildman–Crippen LogP) is 1.90. The van der Waals surface area contributed by atoms with Crippen LogP contribution >= 0.6 is 0 Å². The Balaban J connectivity index is 1.36. The van der Waals surface area contributed by atoms with Crippen molar-refractivity contribution in [1.82, 2.24) is 24.9 Å². The van der Waals surface area contributed by atoms with Crippen molar-refractivity contribution in [2.45, 2.75) is 57.0 Å². The van der Waals surface area contributed by atoms with Crippen LogP contribution in [0.5, 0.6) is 0 Å². The molecule has 0 aromatic carbocycles. The van der Waals surface area contributed by atoms with Crippen molar-refractivity contribution < 1.29 is 4.79 Å². The van der Waals surface area contributed by atoms with Crippen molar-refractivity contribution in [3.05, 3.63) is 18.0 Å². The maximum atomic E-state index is 12.9. The van der Waals surface area contributed by atoms with E-state index in [1.54, 1.807) is 0 Å². The number of rotatable bonds is 3. The van der Waals surface area contributed by atoms with Gasteiger partial charge in [0.1, 0.15) is 5.69 Å². The maximum Gasteiger partial charge on any atom is 0.274 e. The summed E-state index contributed by atoms with van der Waals surface area (Å²) in [4.78, 5) is 17.5. The number of hydrogen-bond donors (Lipinski definition) is 1. The summed E-state index contributed by atoms with van der Waals surface area (Å²) in [6.07, 6.45) is 10.8. The molecule has 0 radical (unpaired) electrons.